The van der Waals surface area contributed by atoms with Crippen molar-refractivity contribution in [2.24, 2.45) is 0 Å². The van der Waals surface area contributed by atoms with Crippen LogP contribution in [-0.4, -0.2) is 19.7 Å². The Morgan fingerprint density at radius 3 is 2.93 bits per heavy atom. The number of benzene rings is 1. The van der Waals surface area contributed by atoms with Crippen molar-refractivity contribution in [3.05, 3.63) is 28.5 Å². The van der Waals surface area contributed by atoms with Crippen LogP contribution in [0.3, 0.4) is 0 Å². The van der Waals surface area contributed by atoms with Crippen LogP contribution in [0.1, 0.15) is 6.92 Å². The number of ether oxygens (including phenoxy) is 1. The van der Waals surface area contributed by atoms with Gasteiger partial charge >= 0.3 is 0 Å². The first-order chi connectivity index (χ1) is 6.74. The largest absolute Gasteiger partial charge is 0.492 e. The molecule has 0 bridgehead atoms. The Bertz CT molecular complexity index is 293. The zero-order valence-electron chi connectivity index (χ0n) is 8.02. The van der Waals surface area contributed by atoms with E-state index in [4.69, 9.17) is 4.74 Å². The summed E-state index contributed by atoms with van der Waals surface area (Å²) in [6, 6.07) is 4.74. The van der Waals surface area contributed by atoms with Gasteiger partial charge in [-0.05, 0) is 34.6 Å². The lowest BCUT2D eigenvalue weighted by Gasteiger charge is -2.06. The molecule has 78 valence electrons. The molecular formula is C10H13BrFNO. The molecule has 0 spiro atoms. The van der Waals surface area contributed by atoms with Crippen LogP contribution in [0.2, 0.25) is 0 Å². The zero-order chi connectivity index (χ0) is 10.4. The molecule has 0 aliphatic rings. The standard InChI is InChI=1S/C10H13BrFNO/c1-2-13-5-6-14-8-3-4-9(11)10(12)7-8/h3-4,7,13H,2,5-6H2,1H3. The van der Waals surface area contributed by atoms with Gasteiger partial charge in [-0.15, -0.1) is 0 Å². The van der Waals surface area contributed by atoms with Crippen molar-refractivity contribution in [1.82, 2.24) is 5.32 Å². The van der Waals surface area contributed by atoms with Crippen molar-refractivity contribution in [3.8, 4) is 5.75 Å². The number of halogens is 2. The van der Waals surface area contributed by atoms with Gasteiger partial charge in [0.2, 0.25) is 0 Å². The molecule has 0 saturated carbocycles. The maximum Gasteiger partial charge on any atom is 0.141 e. The van der Waals surface area contributed by atoms with Crippen LogP contribution in [0.25, 0.3) is 0 Å². The Morgan fingerprint density at radius 1 is 1.50 bits per heavy atom. The summed E-state index contributed by atoms with van der Waals surface area (Å²) in [5.41, 5.74) is 0. The second-order valence-corrected chi connectivity index (χ2v) is 3.63. The summed E-state index contributed by atoms with van der Waals surface area (Å²) in [4.78, 5) is 0. The van der Waals surface area contributed by atoms with Gasteiger partial charge in [-0.25, -0.2) is 4.39 Å². The predicted molar refractivity (Wildman–Crippen MR) is 58.1 cm³/mol. The molecule has 0 saturated heterocycles. The van der Waals surface area contributed by atoms with E-state index in [2.05, 4.69) is 21.2 Å². The van der Waals surface area contributed by atoms with Crippen molar-refractivity contribution in [2.45, 2.75) is 6.92 Å². The lowest BCUT2D eigenvalue weighted by Crippen LogP contribution is -2.20. The molecule has 0 heterocycles. The zero-order valence-corrected chi connectivity index (χ0v) is 9.60. The second-order valence-electron chi connectivity index (χ2n) is 2.78. The first-order valence-corrected chi connectivity index (χ1v) is 5.32. The van der Waals surface area contributed by atoms with Crippen LogP contribution in [0, 0.1) is 5.82 Å². The fourth-order valence-corrected chi connectivity index (χ4v) is 1.23. The molecule has 1 aromatic rings. The highest BCUT2D eigenvalue weighted by Gasteiger charge is 2.00. The molecule has 1 rings (SSSR count). The molecule has 1 N–H and O–H groups in total. The summed E-state index contributed by atoms with van der Waals surface area (Å²) < 4.78 is 18.8. The highest BCUT2D eigenvalue weighted by Crippen LogP contribution is 2.20. The van der Waals surface area contributed by atoms with E-state index in [1.165, 1.54) is 6.07 Å². The van der Waals surface area contributed by atoms with E-state index in [1.807, 2.05) is 6.92 Å². The Labute approximate surface area is 91.6 Å². The van der Waals surface area contributed by atoms with Crippen molar-refractivity contribution in [2.75, 3.05) is 19.7 Å². The maximum atomic E-state index is 13.0. The van der Waals surface area contributed by atoms with Gasteiger partial charge in [0.25, 0.3) is 0 Å². The first-order valence-electron chi connectivity index (χ1n) is 4.52. The molecule has 0 aliphatic heterocycles. The molecular weight excluding hydrogens is 249 g/mol. The lowest BCUT2D eigenvalue weighted by molar-refractivity contribution is 0.313. The molecule has 0 amide bonds. The Kier molecular flexibility index (Phi) is 4.90. The quantitative estimate of drug-likeness (QED) is 0.823. The normalized spacial score (nSPS) is 10.2. The van der Waals surface area contributed by atoms with E-state index in [9.17, 15) is 4.39 Å². The molecule has 14 heavy (non-hydrogen) atoms. The number of hydrogen-bond acceptors (Lipinski definition) is 2. The van der Waals surface area contributed by atoms with Crippen LogP contribution in [0.4, 0.5) is 4.39 Å². The number of rotatable bonds is 5. The number of hydrogen-bond donors (Lipinski definition) is 1. The summed E-state index contributed by atoms with van der Waals surface area (Å²) in [5, 5.41) is 3.12. The third-order valence-electron chi connectivity index (χ3n) is 1.69. The van der Waals surface area contributed by atoms with Gasteiger partial charge in [0.15, 0.2) is 0 Å². The monoisotopic (exact) mass is 261 g/mol. The SMILES string of the molecule is CCNCCOc1ccc(Br)c(F)c1. The fourth-order valence-electron chi connectivity index (χ4n) is 0.984. The molecule has 0 atom stereocenters. The Morgan fingerprint density at radius 2 is 2.29 bits per heavy atom. The van der Waals surface area contributed by atoms with Gasteiger partial charge in [-0.3, -0.25) is 0 Å². The smallest absolute Gasteiger partial charge is 0.141 e. The predicted octanol–water partition coefficient (Wildman–Crippen LogP) is 2.58. The van der Waals surface area contributed by atoms with E-state index in [0.717, 1.165) is 13.1 Å². The summed E-state index contributed by atoms with van der Waals surface area (Å²) in [7, 11) is 0. The highest BCUT2D eigenvalue weighted by atomic mass is 79.9. The molecule has 0 unspecified atom stereocenters. The second kappa shape index (κ2) is 5.98. The van der Waals surface area contributed by atoms with Crippen molar-refractivity contribution in [1.29, 1.82) is 0 Å². The van der Waals surface area contributed by atoms with Crippen LogP contribution in [-0.2, 0) is 0 Å². The summed E-state index contributed by atoms with van der Waals surface area (Å²) in [6.07, 6.45) is 0. The summed E-state index contributed by atoms with van der Waals surface area (Å²) in [5.74, 6) is 0.259. The van der Waals surface area contributed by atoms with Gasteiger partial charge in [-0.2, -0.15) is 0 Å². The Hall–Kier alpha value is -0.610. The fraction of sp³-hybridized carbons (Fsp3) is 0.400. The molecule has 0 fully saturated rings. The highest BCUT2D eigenvalue weighted by molar-refractivity contribution is 9.10. The lowest BCUT2D eigenvalue weighted by atomic mass is 10.3. The van der Waals surface area contributed by atoms with Crippen molar-refractivity contribution < 1.29 is 9.13 Å². The van der Waals surface area contributed by atoms with Crippen molar-refractivity contribution in [3.63, 3.8) is 0 Å². The molecule has 2 nitrogen and oxygen atoms in total. The molecule has 0 radical (unpaired) electrons. The minimum atomic E-state index is -0.300. The van der Waals surface area contributed by atoms with Crippen LogP contribution < -0.4 is 10.1 Å². The minimum absolute atomic E-state index is 0.300. The van der Waals surface area contributed by atoms with E-state index in [1.54, 1.807) is 12.1 Å². The van der Waals surface area contributed by atoms with E-state index >= 15 is 0 Å². The maximum absolute atomic E-state index is 13.0. The minimum Gasteiger partial charge on any atom is -0.492 e. The van der Waals surface area contributed by atoms with E-state index in [0.29, 0.717) is 16.8 Å². The van der Waals surface area contributed by atoms with E-state index < -0.39 is 0 Å². The number of nitrogens with one attached hydrogen (secondary N) is 1. The average molecular weight is 262 g/mol. The van der Waals surface area contributed by atoms with Crippen LogP contribution >= 0.6 is 15.9 Å². The third kappa shape index (κ3) is 3.64. The summed E-state index contributed by atoms with van der Waals surface area (Å²) in [6.45, 7) is 4.26. The van der Waals surface area contributed by atoms with E-state index in [-0.39, 0.29) is 5.82 Å². The van der Waals surface area contributed by atoms with Gasteiger partial charge in [0.1, 0.15) is 18.2 Å². The van der Waals surface area contributed by atoms with Gasteiger partial charge in [-0.1, -0.05) is 6.92 Å². The van der Waals surface area contributed by atoms with Gasteiger partial charge in [0.05, 0.1) is 4.47 Å². The topological polar surface area (TPSA) is 21.3 Å². The number of likely N-dealkylation sites (N-methyl/N-ethyl adjacent to an activating group) is 1. The van der Waals surface area contributed by atoms with Gasteiger partial charge in [0, 0.05) is 12.6 Å². The molecule has 0 aliphatic carbocycles. The molecule has 0 aromatic heterocycles. The van der Waals surface area contributed by atoms with Crippen LogP contribution in [0.15, 0.2) is 22.7 Å². The third-order valence-corrected chi connectivity index (χ3v) is 2.33. The Balaban J connectivity index is 2.39. The average Bonchev–Trinajstić information content (AvgIpc) is 2.18. The molecule has 4 heteroatoms. The van der Waals surface area contributed by atoms with Crippen molar-refractivity contribution >= 4 is 15.9 Å². The summed E-state index contributed by atoms with van der Waals surface area (Å²) >= 11 is 3.08. The van der Waals surface area contributed by atoms with Crippen LogP contribution in [0.5, 0.6) is 5.75 Å². The van der Waals surface area contributed by atoms with Gasteiger partial charge < -0.3 is 10.1 Å². The first kappa shape index (κ1) is 11.5. The molecule has 1 aromatic carbocycles.